The molecule has 2 aliphatic carbocycles. The van der Waals surface area contributed by atoms with E-state index >= 15 is 0 Å². The van der Waals surface area contributed by atoms with Crippen LogP contribution >= 0.6 is 0 Å². The lowest BCUT2D eigenvalue weighted by atomic mass is 9.95. The molecule has 3 aliphatic rings. The van der Waals surface area contributed by atoms with Gasteiger partial charge >= 0.3 is 6.09 Å². The molecule has 0 aromatic heterocycles. The summed E-state index contributed by atoms with van der Waals surface area (Å²) in [5.74, 6) is 2.08. The van der Waals surface area contributed by atoms with Crippen molar-refractivity contribution < 1.29 is 14.3 Å². The number of fused-ring (bicyclic) bond motifs is 2. The number of piperidine rings is 1. The first-order valence-corrected chi connectivity index (χ1v) is 8.89. The summed E-state index contributed by atoms with van der Waals surface area (Å²) in [5, 5.41) is 3.10. The highest BCUT2D eigenvalue weighted by Crippen LogP contribution is 2.44. The van der Waals surface area contributed by atoms with E-state index in [1.54, 1.807) is 7.11 Å². The highest BCUT2D eigenvalue weighted by atomic mass is 16.5. The van der Waals surface area contributed by atoms with Crippen LogP contribution in [0.3, 0.4) is 0 Å². The predicted molar refractivity (Wildman–Crippen MR) is 84.8 cm³/mol. The number of hydrogen-bond acceptors (Lipinski definition) is 4. The fourth-order valence-corrected chi connectivity index (χ4v) is 4.41. The number of nitrogens with one attached hydrogen (secondary N) is 1. The van der Waals surface area contributed by atoms with E-state index < -0.39 is 0 Å². The second-order valence-corrected chi connectivity index (χ2v) is 7.30. The maximum Gasteiger partial charge on any atom is 0.407 e. The molecule has 0 spiro atoms. The summed E-state index contributed by atoms with van der Waals surface area (Å²) in [5.41, 5.74) is 0. The zero-order valence-corrected chi connectivity index (χ0v) is 13.8. The van der Waals surface area contributed by atoms with Crippen LogP contribution in [-0.2, 0) is 9.47 Å². The Kier molecular flexibility index (Phi) is 5.58. The van der Waals surface area contributed by atoms with Crippen LogP contribution in [0.25, 0.3) is 0 Å². The Balaban J connectivity index is 1.29. The second-order valence-electron chi connectivity index (χ2n) is 7.30. The molecular weight excluding hydrogens is 280 g/mol. The van der Waals surface area contributed by atoms with Gasteiger partial charge in [-0.25, -0.2) is 4.79 Å². The Morgan fingerprint density at radius 2 is 2.00 bits per heavy atom. The van der Waals surface area contributed by atoms with E-state index in [1.807, 2.05) is 0 Å². The van der Waals surface area contributed by atoms with E-state index in [9.17, 15) is 4.79 Å². The van der Waals surface area contributed by atoms with E-state index in [4.69, 9.17) is 9.47 Å². The molecule has 2 saturated carbocycles. The van der Waals surface area contributed by atoms with Gasteiger partial charge in [-0.05, 0) is 62.9 Å². The minimum Gasteiger partial charge on any atom is -0.449 e. The Morgan fingerprint density at radius 1 is 1.18 bits per heavy atom. The topological polar surface area (TPSA) is 50.8 Å². The first kappa shape index (κ1) is 16.1. The molecule has 126 valence electrons. The molecule has 1 N–H and O–H groups in total. The van der Waals surface area contributed by atoms with Gasteiger partial charge in [0.25, 0.3) is 0 Å². The molecule has 0 aromatic carbocycles. The lowest BCUT2D eigenvalue weighted by molar-refractivity contribution is 0.0809. The number of likely N-dealkylation sites (tertiary alicyclic amines) is 1. The van der Waals surface area contributed by atoms with Gasteiger partial charge in [0, 0.05) is 19.7 Å². The number of amides is 1. The maximum absolute atomic E-state index is 12.0. The standard InChI is InChI=1S/C17H30N2O3/c1-21-9-8-19-6-4-13(5-7-19)12-22-17(20)18-16-11-14-2-3-15(16)10-14/h13-16H,2-12H2,1H3,(H,18,20). The quantitative estimate of drug-likeness (QED) is 0.817. The van der Waals surface area contributed by atoms with Gasteiger partial charge in [0.2, 0.25) is 0 Å². The number of hydrogen-bond donors (Lipinski definition) is 1. The van der Waals surface area contributed by atoms with Crippen LogP contribution in [-0.4, -0.2) is 57.0 Å². The molecule has 3 unspecified atom stereocenters. The van der Waals surface area contributed by atoms with Crippen molar-refractivity contribution in [1.29, 1.82) is 0 Å². The average molecular weight is 310 g/mol. The number of rotatable bonds is 6. The summed E-state index contributed by atoms with van der Waals surface area (Å²) in [7, 11) is 1.75. The summed E-state index contributed by atoms with van der Waals surface area (Å²) in [6.07, 6.45) is 7.16. The molecule has 0 radical (unpaired) electrons. The smallest absolute Gasteiger partial charge is 0.407 e. The van der Waals surface area contributed by atoms with Gasteiger partial charge in [0.1, 0.15) is 0 Å². The minimum absolute atomic E-state index is 0.195. The molecule has 1 saturated heterocycles. The number of carbonyl (C=O) groups excluding carboxylic acids is 1. The maximum atomic E-state index is 12.0. The lowest BCUT2D eigenvalue weighted by Crippen LogP contribution is -2.40. The largest absolute Gasteiger partial charge is 0.449 e. The normalized spacial score (nSPS) is 32.3. The van der Waals surface area contributed by atoms with Crippen molar-refractivity contribution >= 4 is 6.09 Å². The SMILES string of the molecule is COCCN1CCC(COC(=O)NC2CC3CCC2C3)CC1. The molecule has 0 aromatic rings. The molecule has 1 aliphatic heterocycles. The Bertz CT molecular complexity index is 369. The van der Waals surface area contributed by atoms with Gasteiger partial charge in [-0.2, -0.15) is 0 Å². The van der Waals surface area contributed by atoms with Crippen LogP contribution < -0.4 is 5.32 Å². The highest BCUT2D eigenvalue weighted by Gasteiger charge is 2.40. The van der Waals surface area contributed by atoms with E-state index in [-0.39, 0.29) is 6.09 Å². The van der Waals surface area contributed by atoms with Crippen molar-refractivity contribution in [3.63, 3.8) is 0 Å². The number of alkyl carbamates (subject to hydrolysis) is 1. The molecule has 1 heterocycles. The highest BCUT2D eigenvalue weighted by molar-refractivity contribution is 5.67. The molecular formula is C17H30N2O3. The first-order chi connectivity index (χ1) is 10.7. The van der Waals surface area contributed by atoms with Crippen LogP contribution in [0.15, 0.2) is 0 Å². The second kappa shape index (κ2) is 7.64. The van der Waals surface area contributed by atoms with Gasteiger partial charge in [0.15, 0.2) is 0 Å². The van der Waals surface area contributed by atoms with Crippen molar-refractivity contribution in [3.8, 4) is 0 Å². The third kappa shape index (κ3) is 4.13. The number of nitrogens with zero attached hydrogens (tertiary/aromatic N) is 1. The number of carbonyl (C=O) groups is 1. The summed E-state index contributed by atoms with van der Waals surface area (Å²) in [6.45, 7) is 4.56. The van der Waals surface area contributed by atoms with Gasteiger partial charge in [-0.15, -0.1) is 0 Å². The summed E-state index contributed by atoms with van der Waals surface area (Å²) in [6, 6.07) is 0.377. The van der Waals surface area contributed by atoms with Crippen molar-refractivity contribution in [1.82, 2.24) is 10.2 Å². The number of methoxy groups -OCH3 is 1. The van der Waals surface area contributed by atoms with Crippen LogP contribution in [0, 0.1) is 17.8 Å². The Labute approximate surface area is 133 Å². The fraction of sp³-hybridized carbons (Fsp3) is 0.941. The molecule has 5 nitrogen and oxygen atoms in total. The van der Waals surface area contributed by atoms with Gasteiger partial charge in [-0.3, -0.25) is 0 Å². The summed E-state index contributed by atoms with van der Waals surface area (Å²) in [4.78, 5) is 14.4. The van der Waals surface area contributed by atoms with Gasteiger partial charge < -0.3 is 19.7 Å². The van der Waals surface area contributed by atoms with Gasteiger partial charge in [0.05, 0.1) is 13.2 Å². The molecule has 2 bridgehead atoms. The fourth-order valence-electron chi connectivity index (χ4n) is 4.41. The first-order valence-electron chi connectivity index (χ1n) is 8.89. The zero-order chi connectivity index (χ0) is 15.4. The van der Waals surface area contributed by atoms with E-state index in [1.165, 1.54) is 19.3 Å². The minimum atomic E-state index is -0.195. The molecule has 5 heteroatoms. The average Bonchev–Trinajstić information content (AvgIpc) is 3.14. The van der Waals surface area contributed by atoms with Crippen LogP contribution in [0.4, 0.5) is 4.79 Å². The molecule has 3 fully saturated rings. The van der Waals surface area contributed by atoms with Crippen LogP contribution in [0.2, 0.25) is 0 Å². The molecule has 3 atom stereocenters. The third-order valence-corrected chi connectivity index (χ3v) is 5.81. The molecule has 22 heavy (non-hydrogen) atoms. The third-order valence-electron chi connectivity index (χ3n) is 5.81. The monoisotopic (exact) mass is 310 g/mol. The van der Waals surface area contributed by atoms with Crippen molar-refractivity contribution in [3.05, 3.63) is 0 Å². The van der Waals surface area contributed by atoms with Crippen molar-refractivity contribution in [2.45, 2.75) is 44.6 Å². The number of ether oxygens (including phenoxy) is 2. The van der Waals surface area contributed by atoms with E-state index in [0.717, 1.165) is 51.4 Å². The summed E-state index contributed by atoms with van der Waals surface area (Å²) >= 11 is 0. The Morgan fingerprint density at radius 3 is 2.64 bits per heavy atom. The molecule has 1 amide bonds. The van der Waals surface area contributed by atoms with E-state index in [2.05, 4.69) is 10.2 Å². The van der Waals surface area contributed by atoms with Crippen molar-refractivity contribution in [2.75, 3.05) is 40.0 Å². The van der Waals surface area contributed by atoms with Gasteiger partial charge in [-0.1, -0.05) is 6.42 Å². The molecule has 3 rings (SSSR count). The van der Waals surface area contributed by atoms with E-state index in [0.29, 0.717) is 24.5 Å². The Hall–Kier alpha value is -0.810. The summed E-state index contributed by atoms with van der Waals surface area (Å²) < 4.78 is 10.6. The lowest BCUT2D eigenvalue weighted by Gasteiger charge is -2.31. The van der Waals surface area contributed by atoms with Crippen LogP contribution in [0.1, 0.15) is 38.5 Å². The zero-order valence-electron chi connectivity index (χ0n) is 13.8. The van der Waals surface area contributed by atoms with Crippen molar-refractivity contribution in [2.24, 2.45) is 17.8 Å². The van der Waals surface area contributed by atoms with Crippen LogP contribution in [0.5, 0.6) is 0 Å². The predicted octanol–water partition coefficient (Wildman–Crippen LogP) is 2.26.